The number of likely N-dealkylation sites (tertiary alicyclic amines) is 2. The number of imidazole rings is 1. The first-order valence-electron chi connectivity index (χ1n) is 11.5. The zero-order valence-corrected chi connectivity index (χ0v) is 18.1. The lowest BCUT2D eigenvalue weighted by atomic mass is 9.98. The first-order valence-corrected chi connectivity index (χ1v) is 11.5. The van der Waals surface area contributed by atoms with Gasteiger partial charge in [0, 0.05) is 70.9 Å². The van der Waals surface area contributed by atoms with Crippen LogP contribution in [0.5, 0.6) is 0 Å². The number of carbonyl (C=O) groups excluding carboxylic acids is 2. The molecule has 3 aliphatic heterocycles. The van der Waals surface area contributed by atoms with Crippen molar-refractivity contribution in [1.82, 2.24) is 24.7 Å². The highest BCUT2D eigenvalue weighted by Gasteiger charge is 2.35. The standard InChI is InChI=1S/C22H35N5O3/c1-25-12-9-23-20(25)21(28)24-18-6-5-17(22(29)26-10-3-2-4-11-26)15-27(16-18)19-7-13-30-14-8-19/h9,12,17-19H,2-8,10-11,13-16H2,1H3,(H,24,28)/t17-,18+/m1/s1. The first-order chi connectivity index (χ1) is 14.6. The summed E-state index contributed by atoms with van der Waals surface area (Å²) in [5.41, 5.74) is 0. The number of ether oxygens (including phenoxy) is 1. The number of hydrogen-bond acceptors (Lipinski definition) is 5. The van der Waals surface area contributed by atoms with Crippen LogP contribution >= 0.6 is 0 Å². The molecule has 0 spiro atoms. The van der Waals surface area contributed by atoms with Gasteiger partial charge in [-0.2, -0.15) is 0 Å². The van der Waals surface area contributed by atoms with Gasteiger partial charge in [0.1, 0.15) is 0 Å². The Morgan fingerprint density at radius 1 is 1.07 bits per heavy atom. The van der Waals surface area contributed by atoms with Crippen molar-refractivity contribution in [3.63, 3.8) is 0 Å². The van der Waals surface area contributed by atoms with E-state index in [1.807, 2.05) is 7.05 Å². The summed E-state index contributed by atoms with van der Waals surface area (Å²) in [4.78, 5) is 34.7. The maximum Gasteiger partial charge on any atom is 0.287 e. The number of amides is 2. The molecule has 3 fully saturated rings. The van der Waals surface area contributed by atoms with Gasteiger partial charge in [0.05, 0.1) is 5.92 Å². The molecule has 166 valence electrons. The van der Waals surface area contributed by atoms with Crippen molar-refractivity contribution in [2.75, 3.05) is 39.4 Å². The lowest BCUT2D eigenvalue weighted by Gasteiger charge is -2.37. The molecule has 1 N–H and O–H groups in total. The van der Waals surface area contributed by atoms with Crippen LogP contribution < -0.4 is 5.32 Å². The molecule has 0 aliphatic carbocycles. The topological polar surface area (TPSA) is 79.7 Å². The van der Waals surface area contributed by atoms with E-state index in [0.29, 0.717) is 17.8 Å². The maximum absolute atomic E-state index is 13.3. The predicted octanol–water partition coefficient (Wildman–Crippen LogP) is 1.42. The van der Waals surface area contributed by atoms with Gasteiger partial charge in [-0.15, -0.1) is 0 Å². The van der Waals surface area contributed by atoms with Crippen molar-refractivity contribution in [2.45, 2.75) is 57.0 Å². The fraction of sp³-hybridized carbons (Fsp3) is 0.773. The Bertz CT molecular complexity index is 724. The van der Waals surface area contributed by atoms with Crippen molar-refractivity contribution in [2.24, 2.45) is 13.0 Å². The summed E-state index contributed by atoms with van der Waals surface area (Å²) < 4.78 is 7.30. The van der Waals surface area contributed by atoms with E-state index >= 15 is 0 Å². The highest BCUT2D eigenvalue weighted by Crippen LogP contribution is 2.25. The highest BCUT2D eigenvalue weighted by atomic mass is 16.5. The molecule has 3 saturated heterocycles. The van der Waals surface area contributed by atoms with Crippen molar-refractivity contribution in [1.29, 1.82) is 0 Å². The van der Waals surface area contributed by atoms with E-state index < -0.39 is 0 Å². The van der Waals surface area contributed by atoms with Crippen LogP contribution in [0.15, 0.2) is 12.4 Å². The molecule has 30 heavy (non-hydrogen) atoms. The molecule has 0 unspecified atom stereocenters. The molecular weight excluding hydrogens is 382 g/mol. The number of aryl methyl sites for hydroxylation is 1. The number of carbonyl (C=O) groups is 2. The highest BCUT2D eigenvalue weighted by molar-refractivity contribution is 5.91. The minimum atomic E-state index is -0.139. The summed E-state index contributed by atoms with van der Waals surface area (Å²) in [6.45, 7) is 4.91. The van der Waals surface area contributed by atoms with Gasteiger partial charge in [-0.05, 0) is 44.9 Å². The maximum atomic E-state index is 13.3. The fourth-order valence-electron chi connectivity index (χ4n) is 5.10. The SMILES string of the molecule is Cn1ccnc1C(=O)N[C@H]1CC[C@@H](C(=O)N2CCCCC2)CN(C2CCOCC2)C1. The van der Waals surface area contributed by atoms with E-state index in [4.69, 9.17) is 4.74 Å². The van der Waals surface area contributed by atoms with E-state index in [-0.39, 0.29) is 17.9 Å². The molecule has 0 saturated carbocycles. The minimum Gasteiger partial charge on any atom is -0.381 e. The van der Waals surface area contributed by atoms with E-state index in [2.05, 4.69) is 20.1 Å². The molecule has 4 heterocycles. The van der Waals surface area contributed by atoms with Crippen molar-refractivity contribution in [3.8, 4) is 0 Å². The van der Waals surface area contributed by atoms with E-state index in [1.54, 1.807) is 17.0 Å². The third-order valence-corrected chi connectivity index (χ3v) is 6.86. The third kappa shape index (κ3) is 5.03. The molecule has 4 rings (SSSR count). The van der Waals surface area contributed by atoms with E-state index in [0.717, 1.165) is 77.9 Å². The largest absolute Gasteiger partial charge is 0.381 e. The van der Waals surface area contributed by atoms with Gasteiger partial charge in [0.15, 0.2) is 5.82 Å². The molecule has 0 aromatic carbocycles. The molecule has 8 heteroatoms. The lowest BCUT2D eigenvalue weighted by Crippen LogP contribution is -2.49. The quantitative estimate of drug-likeness (QED) is 0.802. The van der Waals surface area contributed by atoms with Gasteiger partial charge < -0.3 is 19.5 Å². The van der Waals surface area contributed by atoms with Crippen LogP contribution in [0.3, 0.4) is 0 Å². The number of nitrogens with one attached hydrogen (secondary N) is 1. The van der Waals surface area contributed by atoms with Gasteiger partial charge in [-0.3, -0.25) is 14.5 Å². The molecule has 2 amide bonds. The van der Waals surface area contributed by atoms with Crippen LogP contribution in [-0.2, 0) is 16.6 Å². The molecule has 0 bridgehead atoms. The van der Waals surface area contributed by atoms with Crippen LogP contribution in [0.1, 0.15) is 55.6 Å². The van der Waals surface area contributed by atoms with Gasteiger partial charge in [0.25, 0.3) is 5.91 Å². The van der Waals surface area contributed by atoms with Gasteiger partial charge in [-0.25, -0.2) is 4.98 Å². The summed E-state index contributed by atoms with van der Waals surface area (Å²) in [5, 5.41) is 3.19. The summed E-state index contributed by atoms with van der Waals surface area (Å²) >= 11 is 0. The van der Waals surface area contributed by atoms with Crippen LogP contribution in [0.25, 0.3) is 0 Å². The summed E-state index contributed by atoms with van der Waals surface area (Å²) in [6.07, 6.45) is 10.5. The molecule has 2 atom stereocenters. The Kier molecular flexibility index (Phi) is 7.04. The number of rotatable bonds is 4. The number of nitrogens with zero attached hydrogens (tertiary/aromatic N) is 4. The molecule has 8 nitrogen and oxygen atoms in total. The lowest BCUT2D eigenvalue weighted by molar-refractivity contribution is -0.137. The second kappa shape index (κ2) is 9.92. The van der Waals surface area contributed by atoms with E-state index in [9.17, 15) is 9.59 Å². The Morgan fingerprint density at radius 3 is 2.53 bits per heavy atom. The monoisotopic (exact) mass is 417 g/mol. The van der Waals surface area contributed by atoms with Crippen molar-refractivity contribution >= 4 is 11.8 Å². The number of piperidine rings is 1. The van der Waals surface area contributed by atoms with Crippen LogP contribution in [0, 0.1) is 5.92 Å². The minimum absolute atomic E-state index is 0.0148. The first kappa shape index (κ1) is 21.3. The van der Waals surface area contributed by atoms with Crippen molar-refractivity contribution in [3.05, 3.63) is 18.2 Å². The molecular formula is C22H35N5O3. The van der Waals surface area contributed by atoms with Crippen LogP contribution in [-0.4, -0.2) is 82.6 Å². The third-order valence-electron chi connectivity index (χ3n) is 6.86. The molecule has 0 radical (unpaired) electrons. The predicted molar refractivity (Wildman–Crippen MR) is 113 cm³/mol. The summed E-state index contributed by atoms with van der Waals surface area (Å²) in [5.74, 6) is 0.613. The van der Waals surface area contributed by atoms with Crippen LogP contribution in [0.4, 0.5) is 0 Å². The Hall–Kier alpha value is -1.93. The second-order valence-corrected chi connectivity index (χ2v) is 8.99. The smallest absolute Gasteiger partial charge is 0.287 e. The zero-order chi connectivity index (χ0) is 20.9. The number of hydrogen-bond donors (Lipinski definition) is 1. The Morgan fingerprint density at radius 2 is 1.83 bits per heavy atom. The van der Waals surface area contributed by atoms with Crippen molar-refractivity contribution < 1.29 is 14.3 Å². The molecule has 3 aliphatic rings. The molecule has 1 aromatic heterocycles. The Balaban J connectivity index is 1.46. The van der Waals surface area contributed by atoms with Gasteiger partial charge >= 0.3 is 0 Å². The molecule has 1 aromatic rings. The summed E-state index contributed by atoms with van der Waals surface area (Å²) in [6, 6.07) is 0.442. The Labute approximate surface area is 178 Å². The number of aromatic nitrogens is 2. The van der Waals surface area contributed by atoms with Crippen LogP contribution in [0.2, 0.25) is 0 Å². The normalized spacial score (nSPS) is 26.9. The van der Waals surface area contributed by atoms with Gasteiger partial charge in [-0.1, -0.05) is 0 Å². The average Bonchev–Trinajstić information content (AvgIpc) is 3.10. The fourth-order valence-corrected chi connectivity index (χ4v) is 5.10. The average molecular weight is 418 g/mol. The van der Waals surface area contributed by atoms with E-state index in [1.165, 1.54) is 6.42 Å². The second-order valence-electron chi connectivity index (χ2n) is 8.99. The summed E-state index contributed by atoms with van der Waals surface area (Å²) in [7, 11) is 1.83. The zero-order valence-electron chi connectivity index (χ0n) is 18.1. The van der Waals surface area contributed by atoms with Gasteiger partial charge in [0.2, 0.25) is 5.91 Å².